The molecular formula is C5H12Cl2N2O. The molecular weight excluding hydrogens is 175 g/mol. The van der Waals surface area contributed by atoms with Gasteiger partial charge in [-0.25, -0.2) is 0 Å². The summed E-state index contributed by atoms with van der Waals surface area (Å²) in [5.74, 6) is 5.20. The van der Waals surface area contributed by atoms with E-state index < -0.39 is 0 Å². The molecule has 3 rings (SSSR count). The highest BCUT2D eigenvalue weighted by Gasteiger charge is 2.67. The molecule has 3 aliphatic rings. The first-order chi connectivity index (χ1) is 3.68. The number of hydrogen-bond acceptors (Lipinski definition) is 3. The lowest BCUT2D eigenvalue weighted by Gasteiger charge is -2.67. The van der Waals surface area contributed by atoms with Crippen LogP contribution in [-0.2, 0) is 0 Å². The zero-order valence-electron chi connectivity index (χ0n) is 5.46. The summed E-state index contributed by atoms with van der Waals surface area (Å²) in [5.41, 5.74) is 2.54. The molecule has 62 valence electrons. The lowest BCUT2D eigenvalue weighted by Crippen LogP contribution is -2.79. The van der Waals surface area contributed by atoms with Gasteiger partial charge in [0.05, 0.1) is 5.60 Å². The highest BCUT2D eigenvalue weighted by molar-refractivity contribution is 5.85. The number of rotatable bonds is 1. The molecule has 2 bridgehead atoms. The Morgan fingerprint density at radius 1 is 1.20 bits per heavy atom. The topological polar surface area (TPSA) is 58.3 Å². The number of halogens is 2. The smallest absolute Gasteiger partial charge is 0.0702 e. The molecule has 0 amide bonds. The van der Waals surface area contributed by atoms with Crippen molar-refractivity contribution in [3.8, 4) is 0 Å². The second kappa shape index (κ2) is 2.50. The van der Waals surface area contributed by atoms with Crippen molar-refractivity contribution in [3.63, 3.8) is 0 Å². The Morgan fingerprint density at radius 3 is 1.70 bits per heavy atom. The molecule has 3 saturated carbocycles. The fourth-order valence-corrected chi connectivity index (χ4v) is 1.89. The molecule has 0 radical (unpaired) electrons. The number of hydrogen-bond donors (Lipinski definition) is 3. The Balaban J connectivity index is 0.000000405. The van der Waals surface area contributed by atoms with Crippen LogP contribution < -0.4 is 11.3 Å². The zero-order valence-corrected chi connectivity index (χ0v) is 7.10. The quantitative estimate of drug-likeness (QED) is 0.398. The van der Waals surface area contributed by atoms with E-state index in [1.54, 1.807) is 0 Å². The molecule has 0 heterocycles. The number of hydrazine groups is 1. The van der Waals surface area contributed by atoms with Gasteiger partial charge < -0.3 is 5.11 Å². The second-order valence-electron chi connectivity index (χ2n) is 3.18. The molecule has 3 aliphatic carbocycles. The third-order valence-corrected chi connectivity index (χ3v) is 2.31. The van der Waals surface area contributed by atoms with Crippen molar-refractivity contribution in [2.45, 2.75) is 30.4 Å². The molecule has 5 heteroatoms. The van der Waals surface area contributed by atoms with E-state index in [4.69, 9.17) is 5.84 Å². The van der Waals surface area contributed by atoms with Gasteiger partial charge in [0, 0.05) is 5.54 Å². The summed E-state index contributed by atoms with van der Waals surface area (Å²) < 4.78 is 0. The van der Waals surface area contributed by atoms with Gasteiger partial charge in [0.1, 0.15) is 0 Å². The minimum absolute atomic E-state index is 0. The van der Waals surface area contributed by atoms with E-state index in [-0.39, 0.29) is 36.0 Å². The predicted octanol–water partition coefficient (Wildman–Crippen LogP) is -0.0393. The van der Waals surface area contributed by atoms with Crippen molar-refractivity contribution in [1.82, 2.24) is 5.43 Å². The van der Waals surface area contributed by atoms with Crippen LogP contribution in [0.5, 0.6) is 0 Å². The molecule has 0 saturated heterocycles. The maximum absolute atomic E-state index is 9.18. The molecule has 3 nitrogen and oxygen atoms in total. The van der Waals surface area contributed by atoms with E-state index in [0.717, 1.165) is 19.3 Å². The summed E-state index contributed by atoms with van der Waals surface area (Å²) in [4.78, 5) is 0. The van der Waals surface area contributed by atoms with Gasteiger partial charge in [-0.3, -0.25) is 11.3 Å². The normalized spacial score (nSPS) is 47.4. The first kappa shape index (κ1) is 10.5. The van der Waals surface area contributed by atoms with Gasteiger partial charge in [-0.1, -0.05) is 0 Å². The first-order valence-corrected chi connectivity index (χ1v) is 2.88. The van der Waals surface area contributed by atoms with Gasteiger partial charge in [0.2, 0.25) is 0 Å². The highest BCUT2D eigenvalue weighted by Crippen LogP contribution is 2.59. The first-order valence-electron chi connectivity index (χ1n) is 2.88. The molecule has 0 aromatic rings. The SMILES string of the molecule is Cl.Cl.NNC12CC(O)(C1)C2. The van der Waals surface area contributed by atoms with Crippen LogP contribution in [0.4, 0.5) is 0 Å². The second-order valence-corrected chi connectivity index (χ2v) is 3.18. The Morgan fingerprint density at radius 2 is 1.60 bits per heavy atom. The van der Waals surface area contributed by atoms with Crippen LogP contribution in [0.1, 0.15) is 19.3 Å². The van der Waals surface area contributed by atoms with Crippen LogP contribution in [0.25, 0.3) is 0 Å². The lowest BCUT2D eigenvalue weighted by molar-refractivity contribution is -0.221. The fourth-order valence-electron chi connectivity index (χ4n) is 1.89. The number of aliphatic hydroxyl groups is 1. The van der Waals surface area contributed by atoms with E-state index in [9.17, 15) is 5.11 Å². The Kier molecular flexibility index (Phi) is 2.61. The van der Waals surface area contributed by atoms with E-state index in [1.165, 1.54) is 0 Å². The summed E-state index contributed by atoms with van der Waals surface area (Å²) in [7, 11) is 0. The molecule has 10 heavy (non-hydrogen) atoms. The fraction of sp³-hybridized carbons (Fsp3) is 1.00. The van der Waals surface area contributed by atoms with Crippen molar-refractivity contribution >= 4 is 24.8 Å². The Bertz CT molecular complexity index is 122. The molecule has 0 aromatic heterocycles. The van der Waals surface area contributed by atoms with Crippen LogP contribution in [0.3, 0.4) is 0 Å². The monoisotopic (exact) mass is 186 g/mol. The minimum Gasteiger partial charge on any atom is -0.390 e. The van der Waals surface area contributed by atoms with Gasteiger partial charge in [-0.05, 0) is 19.3 Å². The minimum atomic E-state index is -0.313. The van der Waals surface area contributed by atoms with Gasteiger partial charge in [0.15, 0.2) is 0 Å². The van der Waals surface area contributed by atoms with Gasteiger partial charge in [-0.2, -0.15) is 0 Å². The summed E-state index contributed by atoms with van der Waals surface area (Å²) in [6.07, 6.45) is 2.57. The molecule has 4 N–H and O–H groups in total. The van der Waals surface area contributed by atoms with Crippen molar-refractivity contribution < 1.29 is 5.11 Å². The van der Waals surface area contributed by atoms with E-state index in [0.29, 0.717) is 0 Å². The van der Waals surface area contributed by atoms with E-state index in [1.807, 2.05) is 0 Å². The van der Waals surface area contributed by atoms with Crippen molar-refractivity contribution in [2.24, 2.45) is 5.84 Å². The summed E-state index contributed by atoms with van der Waals surface area (Å²) in [6.45, 7) is 0. The number of nitrogens with one attached hydrogen (secondary N) is 1. The molecule has 0 spiro atoms. The predicted molar refractivity (Wildman–Crippen MR) is 43.4 cm³/mol. The maximum Gasteiger partial charge on any atom is 0.0702 e. The Labute approximate surface area is 72.1 Å². The number of nitrogens with two attached hydrogens (primary N) is 1. The molecule has 0 aliphatic heterocycles. The van der Waals surface area contributed by atoms with Crippen LogP contribution in [-0.4, -0.2) is 16.2 Å². The lowest BCUT2D eigenvalue weighted by atomic mass is 9.46. The molecule has 0 aromatic carbocycles. The summed E-state index contributed by atoms with van der Waals surface area (Å²) >= 11 is 0. The van der Waals surface area contributed by atoms with Crippen LogP contribution in [0.15, 0.2) is 0 Å². The van der Waals surface area contributed by atoms with Crippen molar-refractivity contribution in [2.75, 3.05) is 0 Å². The molecule has 0 atom stereocenters. The zero-order chi connectivity index (χ0) is 5.83. The third kappa shape index (κ3) is 1.02. The van der Waals surface area contributed by atoms with Crippen LogP contribution in [0.2, 0.25) is 0 Å². The average Bonchev–Trinajstić information content (AvgIpc) is 1.55. The van der Waals surface area contributed by atoms with Gasteiger partial charge in [0.25, 0.3) is 0 Å². The van der Waals surface area contributed by atoms with Gasteiger partial charge >= 0.3 is 0 Å². The largest absolute Gasteiger partial charge is 0.390 e. The molecule has 0 unspecified atom stereocenters. The summed E-state index contributed by atoms with van der Waals surface area (Å²) in [6, 6.07) is 0. The van der Waals surface area contributed by atoms with Crippen LogP contribution >= 0.6 is 24.8 Å². The van der Waals surface area contributed by atoms with Crippen molar-refractivity contribution in [3.05, 3.63) is 0 Å². The van der Waals surface area contributed by atoms with Crippen molar-refractivity contribution in [1.29, 1.82) is 0 Å². The standard InChI is InChI=1S/C5H10N2O.2ClH/c6-7-4-1-5(8,2-4)3-4;;/h7-8H,1-3,6H2;2*1H. The van der Waals surface area contributed by atoms with Gasteiger partial charge in [-0.15, -0.1) is 24.8 Å². The summed E-state index contributed by atoms with van der Waals surface area (Å²) in [5, 5.41) is 9.18. The van der Waals surface area contributed by atoms with Crippen LogP contribution in [0, 0.1) is 0 Å². The van der Waals surface area contributed by atoms with E-state index in [2.05, 4.69) is 5.43 Å². The third-order valence-electron chi connectivity index (χ3n) is 2.31. The molecule has 3 fully saturated rings. The highest BCUT2D eigenvalue weighted by atomic mass is 35.5. The van der Waals surface area contributed by atoms with E-state index >= 15 is 0 Å². The maximum atomic E-state index is 9.18. The Hall–Kier alpha value is 0.460. The average molecular weight is 187 g/mol.